The number of aliphatic hydroxyl groups excluding tert-OH is 1. The Hall–Kier alpha value is -1.16. The van der Waals surface area contributed by atoms with Gasteiger partial charge < -0.3 is 9.84 Å². The first-order chi connectivity index (χ1) is 11.8. The lowest BCUT2D eigenvalue weighted by Crippen LogP contribution is -2.54. The minimum atomic E-state index is -0.596. The molecule has 138 valence electrons. The quantitative estimate of drug-likeness (QED) is 0.584. The van der Waals surface area contributed by atoms with Crippen molar-refractivity contribution in [1.29, 1.82) is 0 Å². The Balaban J connectivity index is 1.69. The Bertz CT molecular complexity index is 638. The monoisotopic (exact) mass is 346 g/mol. The molecule has 0 saturated heterocycles. The molecule has 0 bridgehead atoms. The Morgan fingerprint density at radius 2 is 1.84 bits per heavy atom. The zero-order valence-corrected chi connectivity index (χ0v) is 15.6. The summed E-state index contributed by atoms with van der Waals surface area (Å²) in [6, 6.07) is 0. The number of rotatable bonds is 1. The summed E-state index contributed by atoms with van der Waals surface area (Å²) in [7, 11) is 0. The van der Waals surface area contributed by atoms with E-state index in [2.05, 4.69) is 19.9 Å². The molecule has 3 fully saturated rings. The number of hydrogen-bond donors (Lipinski definition) is 1. The van der Waals surface area contributed by atoms with Crippen LogP contribution in [0.25, 0.3) is 0 Å². The van der Waals surface area contributed by atoms with E-state index in [-0.39, 0.29) is 16.8 Å². The number of allylic oxidation sites excluding steroid dienone is 1. The highest BCUT2D eigenvalue weighted by Crippen LogP contribution is 2.64. The van der Waals surface area contributed by atoms with Gasteiger partial charge in [-0.3, -0.25) is 9.59 Å². The van der Waals surface area contributed by atoms with Crippen LogP contribution in [0, 0.1) is 28.6 Å². The molecule has 0 aliphatic heterocycles. The molecule has 4 rings (SSSR count). The summed E-state index contributed by atoms with van der Waals surface area (Å²) in [6.45, 7) is 5.91. The van der Waals surface area contributed by atoms with E-state index in [0.29, 0.717) is 30.0 Å². The number of esters is 1. The average Bonchev–Trinajstić information content (AvgIpc) is 2.86. The van der Waals surface area contributed by atoms with Crippen LogP contribution in [-0.2, 0) is 14.3 Å². The van der Waals surface area contributed by atoms with Gasteiger partial charge in [-0.2, -0.15) is 0 Å². The topological polar surface area (TPSA) is 63.6 Å². The number of hydrogen-bond acceptors (Lipinski definition) is 4. The summed E-state index contributed by atoms with van der Waals surface area (Å²) in [5.41, 5.74) is 0.998. The predicted molar refractivity (Wildman–Crippen MR) is 93.7 cm³/mol. The molecule has 0 aromatic carbocycles. The van der Waals surface area contributed by atoms with Gasteiger partial charge in [0.15, 0.2) is 0 Å². The Kier molecular flexibility index (Phi) is 3.91. The van der Waals surface area contributed by atoms with Crippen molar-refractivity contribution in [2.45, 2.75) is 77.9 Å². The van der Waals surface area contributed by atoms with Crippen LogP contribution >= 0.6 is 0 Å². The molecule has 0 aromatic rings. The summed E-state index contributed by atoms with van der Waals surface area (Å²) in [4.78, 5) is 24.0. The van der Waals surface area contributed by atoms with Gasteiger partial charge in [-0.1, -0.05) is 19.9 Å². The van der Waals surface area contributed by atoms with E-state index in [0.717, 1.165) is 44.1 Å². The molecule has 4 heteroatoms. The van der Waals surface area contributed by atoms with E-state index >= 15 is 0 Å². The van der Waals surface area contributed by atoms with Gasteiger partial charge in [0, 0.05) is 18.8 Å². The van der Waals surface area contributed by atoms with Gasteiger partial charge >= 0.3 is 5.97 Å². The fourth-order valence-electron chi connectivity index (χ4n) is 6.79. The van der Waals surface area contributed by atoms with E-state index in [1.807, 2.05) is 0 Å². The molecule has 0 heterocycles. The zero-order chi connectivity index (χ0) is 18.0. The third-order valence-electron chi connectivity index (χ3n) is 8.14. The van der Waals surface area contributed by atoms with Crippen LogP contribution in [0.5, 0.6) is 0 Å². The number of ether oxygens (including phenoxy) is 1. The van der Waals surface area contributed by atoms with E-state index < -0.39 is 12.2 Å². The summed E-state index contributed by atoms with van der Waals surface area (Å²) in [5.74, 6) is 1.71. The van der Waals surface area contributed by atoms with Gasteiger partial charge in [-0.15, -0.1) is 0 Å². The summed E-state index contributed by atoms with van der Waals surface area (Å²) in [5, 5.41) is 10.4. The highest BCUT2D eigenvalue weighted by molar-refractivity contribution is 5.87. The van der Waals surface area contributed by atoms with E-state index in [1.165, 1.54) is 6.92 Å². The lowest BCUT2D eigenvalue weighted by Gasteiger charge is -2.57. The first-order valence-electron chi connectivity index (χ1n) is 9.86. The third kappa shape index (κ3) is 2.36. The summed E-state index contributed by atoms with van der Waals surface area (Å²) in [6.07, 6.45) is 7.56. The van der Waals surface area contributed by atoms with Crippen molar-refractivity contribution >= 4 is 11.8 Å². The Morgan fingerprint density at radius 3 is 2.56 bits per heavy atom. The second kappa shape index (κ2) is 5.67. The van der Waals surface area contributed by atoms with E-state index in [1.54, 1.807) is 0 Å². The molecule has 4 aliphatic rings. The zero-order valence-electron chi connectivity index (χ0n) is 15.6. The largest absolute Gasteiger partial charge is 0.455 e. The van der Waals surface area contributed by atoms with Crippen molar-refractivity contribution in [2.24, 2.45) is 28.6 Å². The van der Waals surface area contributed by atoms with Crippen LogP contribution in [0.15, 0.2) is 11.6 Å². The lowest BCUT2D eigenvalue weighted by atomic mass is 9.47. The maximum absolute atomic E-state index is 12.5. The van der Waals surface area contributed by atoms with E-state index in [9.17, 15) is 14.7 Å². The van der Waals surface area contributed by atoms with Crippen LogP contribution in [0.4, 0.5) is 0 Å². The molecule has 4 nitrogen and oxygen atoms in total. The fourth-order valence-corrected chi connectivity index (χ4v) is 6.79. The van der Waals surface area contributed by atoms with Gasteiger partial charge in [0.1, 0.15) is 11.9 Å². The molecule has 0 radical (unpaired) electrons. The minimum absolute atomic E-state index is 0.0186. The molecule has 3 saturated carbocycles. The molecule has 0 unspecified atom stereocenters. The van der Waals surface area contributed by atoms with Crippen molar-refractivity contribution in [3.63, 3.8) is 0 Å². The molecular formula is C21H30O4. The number of ketones is 1. The van der Waals surface area contributed by atoms with Gasteiger partial charge in [0.25, 0.3) is 0 Å². The second-order valence-electron chi connectivity index (χ2n) is 9.24. The molecule has 0 aromatic heterocycles. The van der Waals surface area contributed by atoms with Crippen LogP contribution < -0.4 is 0 Å². The molecule has 25 heavy (non-hydrogen) atoms. The lowest BCUT2D eigenvalue weighted by molar-refractivity contribution is -0.155. The number of carbonyl (C=O) groups is 2. The molecule has 7 atom stereocenters. The Morgan fingerprint density at radius 1 is 1.16 bits per heavy atom. The standard InChI is InChI=1S/C21H30O4/c1-12(22)25-19-16-5-4-13-14-6-7-18(24)21(14,3)10-8-15(13)20(16,2)11-9-17(19)23/h5,13-15,17,19,23H,4,6-11H2,1-3H3/t13-,14-,15-,17-,19+,20+,21-/m0/s1. The van der Waals surface area contributed by atoms with Crippen molar-refractivity contribution < 1.29 is 19.4 Å². The normalized spacial score (nSPS) is 48.9. The van der Waals surface area contributed by atoms with Crippen LogP contribution in [0.1, 0.15) is 65.7 Å². The molecule has 0 amide bonds. The molecule has 0 spiro atoms. The number of aliphatic hydroxyl groups is 1. The Labute approximate surface area is 150 Å². The number of fused-ring (bicyclic) bond motifs is 5. The van der Waals surface area contributed by atoms with Gasteiger partial charge in [-0.05, 0) is 67.3 Å². The van der Waals surface area contributed by atoms with Crippen LogP contribution in [0.3, 0.4) is 0 Å². The highest BCUT2D eigenvalue weighted by atomic mass is 16.6. The van der Waals surface area contributed by atoms with Gasteiger partial charge in [-0.25, -0.2) is 0 Å². The summed E-state index contributed by atoms with van der Waals surface area (Å²) >= 11 is 0. The van der Waals surface area contributed by atoms with Crippen molar-refractivity contribution in [3.8, 4) is 0 Å². The molecule has 1 N–H and O–H groups in total. The van der Waals surface area contributed by atoms with Gasteiger partial charge in [0.05, 0.1) is 6.10 Å². The van der Waals surface area contributed by atoms with Crippen molar-refractivity contribution in [1.82, 2.24) is 0 Å². The van der Waals surface area contributed by atoms with E-state index in [4.69, 9.17) is 4.74 Å². The minimum Gasteiger partial charge on any atom is -0.455 e. The first-order valence-corrected chi connectivity index (χ1v) is 9.86. The molecular weight excluding hydrogens is 316 g/mol. The van der Waals surface area contributed by atoms with Crippen LogP contribution in [0.2, 0.25) is 0 Å². The summed E-state index contributed by atoms with van der Waals surface area (Å²) < 4.78 is 5.53. The second-order valence-corrected chi connectivity index (χ2v) is 9.24. The first kappa shape index (κ1) is 17.3. The average molecular weight is 346 g/mol. The van der Waals surface area contributed by atoms with Crippen molar-refractivity contribution in [3.05, 3.63) is 11.6 Å². The van der Waals surface area contributed by atoms with Gasteiger partial charge in [0.2, 0.25) is 0 Å². The number of carbonyl (C=O) groups excluding carboxylic acids is 2. The maximum atomic E-state index is 12.5. The van der Waals surface area contributed by atoms with Crippen LogP contribution in [-0.4, -0.2) is 29.1 Å². The fraction of sp³-hybridized carbons (Fsp3) is 0.810. The maximum Gasteiger partial charge on any atom is 0.303 e. The van der Waals surface area contributed by atoms with Crippen molar-refractivity contribution in [2.75, 3.05) is 0 Å². The predicted octanol–water partition coefficient (Wildman–Crippen LogP) is 3.42. The highest BCUT2D eigenvalue weighted by Gasteiger charge is 2.60. The third-order valence-corrected chi connectivity index (χ3v) is 8.14. The smallest absolute Gasteiger partial charge is 0.303 e. The molecule has 4 aliphatic carbocycles. The SMILES string of the molecule is CC(=O)O[C@@H]1C2=CC[C@@H]3[C@H](CC[C@]4(C)C(=O)CC[C@@H]34)[C@@]2(C)CC[C@@H]1O. The number of Topliss-reactive ketones (excluding diaryl/α,β-unsaturated/α-hetero) is 1.